The molecule has 2 saturated heterocycles. The zero-order chi connectivity index (χ0) is 37.4. The predicted molar refractivity (Wildman–Crippen MR) is 201 cm³/mol. The minimum atomic E-state index is -1.23. The summed E-state index contributed by atoms with van der Waals surface area (Å²) in [6, 6.07) is 6.50. The first-order chi connectivity index (χ1) is 26.0. The molecule has 2 aromatic carbocycles. The molecule has 54 heavy (non-hydrogen) atoms. The van der Waals surface area contributed by atoms with E-state index >= 15 is 8.78 Å². The lowest BCUT2D eigenvalue weighted by molar-refractivity contribution is -0.106. The van der Waals surface area contributed by atoms with Crippen molar-refractivity contribution in [3.63, 3.8) is 0 Å². The highest BCUT2D eigenvalue weighted by molar-refractivity contribution is 6.04. The monoisotopic (exact) mass is 739 g/mol. The number of methoxy groups -OCH3 is 1. The number of benzene rings is 2. The number of likely N-dealkylation sites (tertiary alicyclic amines) is 1. The summed E-state index contributed by atoms with van der Waals surface area (Å²) in [6.45, 7) is 4.10. The summed E-state index contributed by atoms with van der Waals surface area (Å²) in [5, 5.41) is 22.7. The van der Waals surface area contributed by atoms with Gasteiger partial charge in [-0.2, -0.15) is 9.97 Å². The van der Waals surface area contributed by atoms with Crippen LogP contribution in [0.15, 0.2) is 24.3 Å². The van der Waals surface area contributed by atoms with Crippen molar-refractivity contribution in [1.29, 1.82) is 0 Å². The number of aliphatic hydroxyl groups is 1. The molecule has 3 aliphatic carbocycles. The van der Waals surface area contributed by atoms with E-state index in [1.54, 1.807) is 6.92 Å². The number of piperidine rings is 1. The molecule has 4 heterocycles. The number of β-amino-alcohol motifs (C(OH)–C–C–N with tert-alkyl or cyclic N) is 1. The summed E-state index contributed by atoms with van der Waals surface area (Å²) in [7, 11) is 1.41. The van der Waals surface area contributed by atoms with E-state index in [1.165, 1.54) is 63.5 Å². The smallest absolute Gasteiger partial charge is 0.319 e. The van der Waals surface area contributed by atoms with Crippen molar-refractivity contribution in [1.82, 2.24) is 19.9 Å². The first-order valence-electron chi connectivity index (χ1n) is 19.3. The molecule has 5 aliphatic rings. The van der Waals surface area contributed by atoms with Gasteiger partial charge in [0.05, 0.1) is 39.0 Å². The van der Waals surface area contributed by atoms with Crippen LogP contribution in [0.3, 0.4) is 0 Å². The quantitative estimate of drug-likeness (QED) is 0.198. The van der Waals surface area contributed by atoms with Gasteiger partial charge in [-0.25, -0.2) is 13.8 Å². The molecule has 10 nitrogen and oxygen atoms in total. The third-order valence-corrected chi connectivity index (χ3v) is 13.2. The van der Waals surface area contributed by atoms with Crippen molar-refractivity contribution in [2.24, 2.45) is 10.8 Å². The zero-order valence-corrected chi connectivity index (χ0v) is 31.0. The maximum atomic E-state index is 17.3. The SMILES string of the molecule is C#Cc1c(F)ccc2cc(O)cc(-c3nc(OC)c4c(N5CCOC[C@@](C)(O)C5)nc(OC[C@]56CCC[C@H]5N(C5CC7(CCC7)C5)CCC6)nc4c3F)c12. The predicted octanol–water partition coefficient (Wildman–Crippen LogP) is 6.75. The lowest BCUT2D eigenvalue weighted by Gasteiger charge is -2.60. The molecule has 4 aromatic rings. The van der Waals surface area contributed by atoms with Crippen LogP contribution in [-0.2, 0) is 4.74 Å². The fourth-order valence-electron chi connectivity index (χ4n) is 10.5. The Hall–Kier alpha value is -4.31. The molecule has 2 aliphatic heterocycles. The normalized spacial score (nSPS) is 27.0. The minimum Gasteiger partial charge on any atom is -0.508 e. The number of nitrogens with zero attached hydrogens (tertiary/aromatic N) is 5. The van der Waals surface area contributed by atoms with Gasteiger partial charge in [0.15, 0.2) is 5.82 Å². The van der Waals surface area contributed by atoms with Gasteiger partial charge in [-0.1, -0.05) is 24.8 Å². The van der Waals surface area contributed by atoms with Gasteiger partial charge in [0.25, 0.3) is 0 Å². The Balaban J connectivity index is 1.16. The molecule has 284 valence electrons. The lowest BCUT2D eigenvalue weighted by Crippen LogP contribution is -2.61. The third-order valence-electron chi connectivity index (χ3n) is 13.2. The number of ether oxygens (including phenoxy) is 3. The minimum absolute atomic E-state index is 0.00465. The van der Waals surface area contributed by atoms with E-state index in [2.05, 4.69) is 15.8 Å². The van der Waals surface area contributed by atoms with Crippen LogP contribution in [0.2, 0.25) is 0 Å². The number of fused-ring (bicyclic) bond motifs is 3. The van der Waals surface area contributed by atoms with Gasteiger partial charge in [0.2, 0.25) is 5.88 Å². The average Bonchev–Trinajstić information content (AvgIpc) is 3.47. The molecule has 0 unspecified atom stereocenters. The van der Waals surface area contributed by atoms with Crippen molar-refractivity contribution >= 4 is 27.5 Å². The Bertz CT molecular complexity index is 2180. The van der Waals surface area contributed by atoms with Gasteiger partial charge in [-0.3, -0.25) is 4.90 Å². The Morgan fingerprint density at radius 3 is 2.61 bits per heavy atom. The van der Waals surface area contributed by atoms with Gasteiger partial charge >= 0.3 is 6.01 Å². The summed E-state index contributed by atoms with van der Waals surface area (Å²) in [5.74, 6) is 1.01. The van der Waals surface area contributed by atoms with Gasteiger partial charge in [-0.05, 0) is 93.8 Å². The molecule has 3 saturated carbocycles. The number of aromatic nitrogens is 3. The Kier molecular flexibility index (Phi) is 8.63. The molecule has 0 bridgehead atoms. The number of phenols is 1. The molecular weight excluding hydrogens is 692 g/mol. The molecule has 0 radical (unpaired) electrons. The van der Waals surface area contributed by atoms with E-state index in [0.717, 1.165) is 38.6 Å². The standard InChI is InChI=1S/C42H47F2N5O5/c1-4-28-30(43)10-9-25-18-27(50)19-29(32(25)28)35-34(44)36-33(38(45-35)52-3)37(48-16-17-53-23-40(2,51)22-48)47-39(46-36)54-24-42-13-5-8-31(42)49(15-7-14-42)26-20-41(21-26)11-6-12-41/h1,9-10,18-19,26,31,50-51H,5-8,11-17,20-24H2,2-3H3/t31-,40+,42-/m1/s1. The first kappa shape index (κ1) is 35.4. The highest BCUT2D eigenvalue weighted by Gasteiger charge is 2.56. The summed E-state index contributed by atoms with van der Waals surface area (Å²) >= 11 is 0. The van der Waals surface area contributed by atoms with E-state index in [1.807, 2.05) is 4.90 Å². The van der Waals surface area contributed by atoms with Crippen LogP contribution >= 0.6 is 0 Å². The van der Waals surface area contributed by atoms with Crippen LogP contribution < -0.4 is 14.4 Å². The van der Waals surface area contributed by atoms with E-state index in [-0.39, 0.29) is 75.1 Å². The van der Waals surface area contributed by atoms with Crippen LogP contribution in [0.5, 0.6) is 17.6 Å². The van der Waals surface area contributed by atoms with Crippen LogP contribution in [0.25, 0.3) is 32.9 Å². The molecular formula is C42H47F2N5O5. The zero-order valence-electron chi connectivity index (χ0n) is 31.0. The summed E-state index contributed by atoms with van der Waals surface area (Å²) in [4.78, 5) is 18.8. The maximum Gasteiger partial charge on any atom is 0.319 e. The second-order valence-corrected chi connectivity index (χ2v) is 16.8. The van der Waals surface area contributed by atoms with E-state index in [4.69, 9.17) is 30.6 Å². The number of terminal acetylenes is 1. The summed E-state index contributed by atoms with van der Waals surface area (Å²) in [5.41, 5.74) is -1.05. The van der Waals surface area contributed by atoms with Crippen LogP contribution in [-0.4, -0.2) is 94.3 Å². The largest absolute Gasteiger partial charge is 0.508 e. The van der Waals surface area contributed by atoms with Crippen LogP contribution in [0.1, 0.15) is 76.7 Å². The molecule has 9 rings (SSSR count). The summed E-state index contributed by atoms with van der Waals surface area (Å²) in [6.07, 6.45) is 18.0. The molecule has 5 fully saturated rings. The molecule has 3 atom stereocenters. The molecule has 1 spiro atoms. The first-order valence-corrected chi connectivity index (χ1v) is 19.3. The number of pyridine rings is 1. The highest BCUT2D eigenvalue weighted by Crippen LogP contribution is 2.60. The fourth-order valence-corrected chi connectivity index (χ4v) is 10.5. The van der Waals surface area contributed by atoms with Crippen molar-refractivity contribution in [3.8, 4) is 41.2 Å². The molecule has 0 amide bonds. The Labute approximate surface area is 313 Å². The number of phenolic OH excluding ortho intramolecular Hbond substituents is 1. The van der Waals surface area contributed by atoms with Gasteiger partial charge < -0.3 is 29.3 Å². The van der Waals surface area contributed by atoms with Crippen molar-refractivity contribution < 1.29 is 33.2 Å². The van der Waals surface area contributed by atoms with E-state index in [0.29, 0.717) is 42.6 Å². The van der Waals surface area contributed by atoms with Crippen molar-refractivity contribution in [2.45, 2.75) is 88.8 Å². The summed E-state index contributed by atoms with van der Waals surface area (Å²) < 4.78 is 50.6. The van der Waals surface area contributed by atoms with Crippen LogP contribution in [0.4, 0.5) is 14.6 Å². The van der Waals surface area contributed by atoms with Crippen molar-refractivity contribution in [2.75, 3.05) is 51.5 Å². The molecule has 2 N–H and O–H groups in total. The van der Waals surface area contributed by atoms with Gasteiger partial charge in [-0.15, -0.1) is 6.42 Å². The van der Waals surface area contributed by atoms with E-state index < -0.39 is 17.2 Å². The average molecular weight is 740 g/mol. The third kappa shape index (κ3) is 5.82. The highest BCUT2D eigenvalue weighted by atomic mass is 19.1. The Morgan fingerprint density at radius 2 is 1.85 bits per heavy atom. The maximum absolute atomic E-state index is 17.3. The second kappa shape index (κ2) is 13.2. The lowest BCUT2D eigenvalue weighted by atomic mass is 9.53. The fraction of sp³-hybridized carbons (Fsp3) is 0.548. The molecule has 2 aromatic heterocycles. The topological polar surface area (TPSA) is 113 Å². The Morgan fingerprint density at radius 1 is 1.04 bits per heavy atom. The number of hydrogen-bond donors (Lipinski definition) is 2. The van der Waals surface area contributed by atoms with Crippen molar-refractivity contribution in [3.05, 3.63) is 41.5 Å². The van der Waals surface area contributed by atoms with Crippen LogP contribution in [0, 0.1) is 34.8 Å². The second-order valence-electron chi connectivity index (χ2n) is 16.8. The number of hydrogen-bond acceptors (Lipinski definition) is 10. The van der Waals surface area contributed by atoms with E-state index in [9.17, 15) is 10.2 Å². The number of aromatic hydroxyl groups is 1. The number of halogens is 2. The number of anilines is 1. The number of rotatable bonds is 7. The van der Waals surface area contributed by atoms with Gasteiger partial charge in [0.1, 0.15) is 39.6 Å². The van der Waals surface area contributed by atoms with Gasteiger partial charge in [0, 0.05) is 35.0 Å². The molecule has 12 heteroatoms.